The van der Waals surface area contributed by atoms with Crippen LogP contribution in [0.1, 0.15) is 51.4 Å². The number of nitrogens with zero attached hydrogens (tertiary/aromatic N) is 3. The van der Waals surface area contributed by atoms with Crippen LogP contribution in [-0.2, 0) is 15.0 Å². The summed E-state index contributed by atoms with van der Waals surface area (Å²) in [6.45, 7) is 12.8. The van der Waals surface area contributed by atoms with Crippen LogP contribution in [0.25, 0.3) is 11.8 Å². The van der Waals surface area contributed by atoms with E-state index in [1.165, 1.54) is 6.08 Å². The third-order valence-electron chi connectivity index (χ3n) is 5.47. The third kappa shape index (κ3) is 7.41. The van der Waals surface area contributed by atoms with Gasteiger partial charge in [0, 0.05) is 24.1 Å². The molecule has 0 spiro atoms. The molecule has 0 radical (unpaired) electrons. The van der Waals surface area contributed by atoms with Crippen LogP contribution in [0.2, 0.25) is 0 Å². The van der Waals surface area contributed by atoms with Crippen molar-refractivity contribution in [1.82, 2.24) is 14.7 Å². The number of rotatable bonds is 8. The Balaban J connectivity index is 1.81. The Bertz CT molecular complexity index is 1170. The largest absolute Gasteiger partial charge is 0.330 e. The van der Waals surface area contributed by atoms with E-state index in [0.29, 0.717) is 12.4 Å². The highest BCUT2D eigenvalue weighted by atomic mass is 16.2. The van der Waals surface area contributed by atoms with Gasteiger partial charge in [0.25, 0.3) is 0 Å². The van der Waals surface area contributed by atoms with E-state index >= 15 is 0 Å². The zero-order valence-electron chi connectivity index (χ0n) is 21.6. The first-order valence-electron chi connectivity index (χ1n) is 12.0. The van der Waals surface area contributed by atoms with Crippen LogP contribution in [0.4, 0.5) is 5.82 Å². The molecule has 35 heavy (non-hydrogen) atoms. The van der Waals surface area contributed by atoms with Gasteiger partial charge in [-0.25, -0.2) is 4.68 Å². The monoisotopic (exact) mass is 472 g/mol. The summed E-state index contributed by atoms with van der Waals surface area (Å²) in [5.74, 6) is 0.351. The first-order chi connectivity index (χ1) is 16.5. The molecule has 1 N–H and O–H groups in total. The first-order valence-corrected chi connectivity index (χ1v) is 12.0. The molecule has 6 heteroatoms. The van der Waals surface area contributed by atoms with Crippen LogP contribution >= 0.6 is 0 Å². The average Bonchev–Trinajstić information content (AvgIpc) is 3.22. The summed E-state index contributed by atoms with van der Waals surface area (Å²) >= 11 is 0. The predicted molar refractivity (Wildman–Crippen MR) is 143 cm³/mol. The van der Waals surface area contributed by atoms with Crippen molar-refractivity contribution in [2.45, 2.75) is 47.0 Å². The number of hydrogen-bond acceptors (Lipinski definition) is 3. The highest BCUT2D eigenvalue weighted by Gasteiger charge is 2.23. The Morgan fingerprint density at radius 3 is 2.31 bits per heavy atom. The third-order valence-corrected chi connectivity index (χ3v) is 5.47. The van der Waals surface area contributed by atoms with E-state index in [-0.39, 0.29) is 29.7 Å². The van der Waals surface area contributed by atoms with Gasteiger partial charge in [-0.3, -0.25) is 9.59 Å². The molecule has 3 aromatic rings. The van der Waals surface area contributed by atoms with Crippen molar-refractivity contribution in [3.05, 3.63) is 83.6 Å². The first kappa shape index (κ1) is 25.9. The molecule has 6 nitrogen and oxygen atoms in total. The minimum absolute atomic E-state index is 0.0416. The van der Waals surface area contributed by atoms with E-state index in [2.05, 4.69) is 26.1 Å². The van der Waals surface area contributed by atoms with Crippen molar-refractivity contribution in [2.24, 2.45) is 5.92 Å². The quantitative estimate of drug-likeness (QED) is 0.433. The van der Waals surface area contributed by atoms with Crippen LogP contribution in [0, 0.1) is 12.8 Å². The maximum atomic E-state index is 13.1. The summed E-state index contributed by atoms with van der Waals surface area (Å²) in [5.41, 5.74) is 3.63. The number of benzene rings is 2. The zero-order valence-corrected chi connectivity index (χ0v) is 21.6. The fraction of sp³-hybridized carbons (Fsp3) is 0.345. The average molecular weight is 473 g/mol. The van der Waals surface area contributed by atoms with Crippen LogP contribution in [0.5, 0.6) is 0 Å². The van der Waals surface area contributed by atoms with Crippen LogP contribution in [0.3, 0.4) is 0 Å². The summed E-state index contributed by atoms with van der Waals surface area (Å²) in [6.07, 6.45) is 3.30. The van der Waals surface area contributed by atoms with Gasteiger partial charge in [0.15, 0.2) is 0 Å². The Hall–Kier alpha value is -3.67. The number of aryl methyl sites for hydroxylation is 1. The minimum Gasteiger partial charge on any atom is -0.330 e. The van der Waals surface area contributed by atoms with Crippen LogP contribution in [0.15, 0.2) is 66.7 Å². The molecule has 3 rings (SSSR count). The second kappa shape index (κ2) is 11.2. The molecule has 0 saturated carbocycles. The molecule has 1 heterocycles. The van der Waals surface area contributed by atoms with E-state index in [0.717, 1.165) is 22.5 Å². The molecule has 0 saturated heterocycles. The van der Waals surface area contributed by atoms with Gasteiger partial charge in [0.05, 0.1) is 11.4 Å². The number of amides is 2. The molecule has 0 unspecified atom stereocenters. The van der Waals surface area contributed by atoms with Gasteiger partial charge in [0.2, 0.25) is 11.8 Å². The van der Waals surface area contributed by atoms with E-state index in [4.69, 9.17) is 5.10 Å². The van der Waals surface area contributed by atoms with Crippen molar-refractivity contribution in [2.75, 3.05) is 18.4 Å². The SMILES string of the molecule is Cc1ccc(-n2nc(C(C)(C)C)cc2NC(=O)CN(CC(C)C)C(=O)/C=C/c2ccccc2)cc1. The lowest BCUT2D eigenvalue weighted by atomic mass is 9.92. The highest BCUT2D eigenvalue weighted by molar-refractivity contribution is 5.97. The number of carbonyl (C=O) groups is 2. The van der Waals surface area contributed by atoms with Gasteiger partial charge in [-0.2, -0.15) is 5.10 Å². The number of anilines is 1. The van der Waals surface area contributed by atoms with E-state index in [1.807, 2.05) is 81.4 Å². The summed E-state index contributed by atoms with van der Waals surface area (Å²) in [7, 11) is 0. The van der Waals surface area contributed by atoms with Gasteiger partial charge in [-0.05, 0) is 36.6 Å². The molecular formula is C29H36N4O2. The number of aromatic nitrogens is 2. The lowest BCUT2D eigenvalue weighted by molar-refractivity contribution is -0.131. The molecule has 1 aromatic heterocycles. The number of hydrogen-bond donors (Lipinski definition) is 1. The molecule has 2 amide bonds. The smallest absolute Gasteiger partial charge is 0.247 e. The maximum Gasteiger partial charge on any atom is 0.247 e. The molecule has 0 atom stereocenters. The Morgan fingerprint density at radius 1 is 1.06 bits per heavy atom. The van der Waals surface area contributed by atoms with Gasteiger partial charge in [-0.15, -0.1) is 0 Å². The zero-order chi connectivity index (χ0) is 25.6. The lowest BCUT2D eigenvalue weighted by Gasteiger charge is -2.23. The van der Waals surface area contributed by atoms with Crippen LogP contribution < -0.4 is 5.32 Å². The number of nitrogens with one attached hydrogen (secondary N) is 1. The topological polar surface area (TPSA) is 67.2 Å². The van der Waals surface area contributed by atoms with Gasteiger partial charge in [-0.1, -0.05) is 82.6 Å². The van der Waals surface area contributed by atoms with Crippen molar-refractivity contribution in [1.29, 1.82) is 0 Å². The fourth-order valence-electron chi connectivity index (χ4n) is 3.59. The fourth-order valence-corrected chi connectivity index (χ4v) is 3.59. The normalized spacial score (nSPS) is 11.7. The molecular weight excluding hydrogens is 436 g/mol. The Kier molecular flexibility index (Phi) is 8.28. The van der Waals surface area contributed by atoms with Crippen molar-refractivity contribution >= 4 is 23.7 Å². The van der Waals surface area contributed by atoms with Crippen molar-refractivity contribution < 1.29 is 9.59 Å². The molecule has 0 aliphatic rings. The van der Waals surface area contributed by atoms with E-state index in [1.54, 1.807) is 15.7 Å². The lowest BCUT2D eigenvalue weighted by Crippen LogP contribution is -2.39. The van der Waals surface area contributed by atoms with Gasteiger partial charge < -0.3 is 10.2 Å². The van der Waals surface area contributed by atoms with Gasteiger partial charge >= 0.3 is 0 Å². The van der Waals surface area contributed by atoms with Gasteiger partial charge in [0.1, 0.15) is 12.4 Å². The van der Waals surface area contributed by atoms with E-state index in [9.17, 15) is 9.59 Å². The predicted octanol–water partition coefficient (Wildman–Crippen LogP) is 5.61. The maximum absolute atomic E-state index is 13.1. The van der Waals surface area contributed by atoms with Crippen molar-refractivity contribution in [3.8, 4) is 5.69 Å². The Morgan fingerprint density at radius 2 is 1.71 bits per heavy atom. The summed E-state index contributed by atoms with van der Waals surface area (Å²) in [6, 6.07) is 19.5. The number of carbonyl (C=O) groups excluding carboxylic acids is 2. The molecule has 2 aromatic carbocycles. The van der Waals surface area contributed by atoms with Crippen molar-refractivity contribution in [3.63, 3.8) is 0 Å². The molecule has 0 fully saturated rings. The summed E-state index contributed by atoms with van der Waals surface area (Å²) in [4.78, 5) is 27.6. The molecule has 0 aliphatic carbocycles. The molecule has 184 valence electrons. The molecule has 0 aliphatic heterocycles. The Labute approximate surface area is 208 Å². The standard InChI is InChI=1S/C29H36N4O2/c1-21(2)19-32(28(35)17-14-23-10-8-7-9-11-23)20-27(34)30-26-18-25(29(4,5)6)31-33(26)24-15-12-22(3)13-16-24/h7-18,21H,19-20H2,1-6H3,(H,30,34)/b17-14+. The second-order valence-corrected chi connectivity index (χ2v) is 10.3. The second-order valence-electron chi connectivity index (χ2n) is 10.3. The minimum atomic E-state index is -0.263. The highest BCUT2D eigenvalue weighted by Crippen LogP contribution is 2.26. The summed E-state index contributed by atoms with van der Waals surface area (Å²) < 4.78 is 1.75. The van der Waals surface area contributed by atoms with Crippen LogP contribution in [-0.4, -0.2) is 39.6 Å². The molecule has 0 bridgehead atoms. The summed E-state index contributed by atoms with van der Waals surface area (Å²) in [5, 5.41) is 7.76. The van der Waals surface area contributed by atoms with E-state index < -0.39 is 0 Å².